The number of methoxy groups -OCH3 is 1. The van der Waals surface area contributed by atoms with E-state index in [1.807, 2.05) is 0 Å². The lowest BCUT2D eigenvalue weighted by Gasteiger charge is -2.11. The fraction of sp³-hybridized carbons (Fsp3) is 0.0435. The molecule has 0 aliphatic rings. The van der Waals surface area contributed by atoms with Gasteiger partial charge in [0.15, 0.2) is 0 Å². The van der Waals surface area contributed by atoms with Crippen LogP contribution >= 0.6 is 23.2 Å². The number of rotatable bonds is 9. The summed E-state index contributed by atoms with van der Waals surface area (Å²) in [6, 6.07) is 18.1. The number of ether oxygens (including phenoxy) is 1. The number of nitrogens with zero attached hydrogens (tertiary/aromatic N) is 4. The van der Waals surface area contributed by atoms with Crippen molar-refractivity contribution < 1.29 is 13.2 Å². The van der Waals surface area contributed by atoms with Crippen LogP contribution in [0.2, 0.25) is 10.0 Å². The summed E-state index contributed by atoms with van der Waals surface area (Å²) in [4.78, 5) is 13.0. The standard InChI is InChI=1S/C23H20Cl2N8O3S/c1-36-16-9-5-14(6-10-16)28-21-30-22(29-15-7-11-17(12-8-15)37(26,34)35)32-23(31-21)33-27-13-18-19(24)3-2-4-20(18)25/h2-13H,1H3,(H2,26,34,35)(H3,28,29,30,31,32,33)/b27-13+. The van der Waals surface area contributed by atoms with Crippen molar-refractivity contribution in [1.82, 2.24) is 15.0 Å². The molecule has 190 valence electrons. The van der Waals surface area contributed by atoms with Gasteiger partial charge < -0.3 is 15.4 Å². The van der Waals surface area contributed by atoms with Gasteiger partial charge in [-0.15, -0.1) is 0 Å². The van der Waals surface area contributed by atoms with Crippen molar-refractivity contribution in [3.63, 3.8) is 0 Å². The van der Waals surface area contributed by atoms with Crippen LogP contribution in [-0.4, -0.2) is 36.7 Å². The maximum absolute atomic E-state index is 11.5. The minimum Gasteiger partial charge on any atom is -0.497 e. The Morgan fingerprint density at radius 1 is 0.838 bits per heavy atom. The lowest BCUT2D eigenvalue weighted by atomic mass is 10.2. The fourth-order valence-corrected chi connectivity index (χ4v) is 4.00. The molecule has 3 aromatic carbocycles. The Bertz CT molecular complexity index is 1510. The van der Waals surface area contributed by atoms with Gasteiger partial charge in [-0.1, -0.05) is 29.3 Å². The Labute approximate surface area is 222 Å². The molecule has 37 heavy (non-hydrogen) atoms. The summed E-state index contributed by atoms with van der Waals surface area (Å²) in [7, 11) is -2.24. The lowest BCUT2D eigenvalue weighted by Crippen LogP contribution is -2.12. The molecule has 0 spiro atoms. The second kappa shape index (κ2) is 11.4. The number of nitrogens with one attached hydrogen (secondary N) is 3. The molecular formula is C23H20Cl2N8O3S. The largest absolute Gasteiger partial charge is 0.497 e. The molecule has 0 aliphatic heterocycles. The van der Waals surface area contributed by atoms with E-state index in [0.717, 1.165) is 0 Å². The summed E-state index contributed by atoms with van der Waals surface area (Å²) in [5, 5.41) is 16.3. The van der Waals surface area contributed by atoms with Crippen LogP contribution in [0.5, 0.6) is 5.75 Å². The van der Waals surface area contributed by atoms with Crippen molar-refractivity contribution in [2.45, 2.75) is 4.90 Å². The number of hydrogen-bond donors (Lipinski definition) is 4. The quantitative estimate of drug-likeness (QED) is 0.168. The number of anilines is 5. The molecular weight excluding hydrogens is 539 g/mol. The van der Waals surface area contributed by atoms with E-state index in [2.05, 4.69) is 36.1 Å². The first-order chi connectivity index (χ1) is 17.7. The molecule has 1 aromatic heterocycles. The van der Waals surface area contributed by atoms with Gasteiger partial charge in [-0.25, -0.2) is 19.0 Å². The second-order valence-corrected chi connectivity index (χ2v) is 9.74. The minimum absolute atomic E-state index is 0.0227. The van der Waals surface area contributed by atoms with Gasteiger partial charge in [0, 0.05) is 16.9 Å². The zero-order valence-electron chi connectivity index (χ0n) is 19.2. The van der Waals surface area contributed by atoms with Gasteiger partial charge in [-0.3, -0.25) is 0 Å². The van der Waals surface area contributed by atoms with E-state index < -0.39 is 10.0 Å². The van der Waals surface area contributed by atoms with Crippen LogP contribution in [0.3, 0.4) is 0 Å². The highest BCUT2D eigenvalue weighted by Gasteiger charge is 2.10. The highest BCUT2D eigenvalue weighted by atomic mass is 35.5. The number of nitrogens with two attached hydrogens (primary N) is 1. The molecule has 4 aromatic rings. The van der Waals surface area contributed by atoms with Gasteiger partial charge in [0.1, 0.15) is 5.75 Å². The van der Waals surface area contributed by atoms with Crippen molar-refractivity contribution in [3.8, 4) is 5.75 Å². The van der Waals surface area contributed by atoms with Gasteiger partial charge >= 0.3 is 0 Å². The predicted molar refractivity (Wildman–Crippen MR) is 145 cm³/mol. The van der Waals surface area contributed by atoms with Gasteiger partial charge in [-0.2, -0.15) is 20.1 Å². The molecule has 0 bridgehead atoms. The van der Waals surface area contributed by atoms with E-state index in [-0.39, 0.29) is 22.7 Å². The van der Waals surface area contributed by atoms with E-state index in [1.165, 1.54) is 30.5 Å². The maximum atomic E-state index is 11.5. The Morgan fingerprint density at radius 2 is 1.35 bits per heavy atom. The van der Waals surface area contributed by atoms with E-state index in [4.69, 9.17) is 33.1 Å². The normalized spacial score (nSPS) is 11.4. The van der Waals surface area contributed by atoms with Gasteiger partial charge in [-0.05, 0) is 60.7 Å². The summed E-state index contributed by atoms with van der Waals surface area (Å²) in [6.07, 6.45) is 1.45. The third kappa shape index (κ3) is 7.05. The minimum atomic E-state index is -3.82. The van der Waals surface area contributed by atoms with Crippen LogP contribution in [0.1, 0.15) is 5.56 Å². The molecule has 5 N–H and O–H groups in total. The summed E-state index contributed by atoms with van der Waals surface area (Å²) in [6.45, 7) is 0. The van der Waals surface area contributed by atoms with Crippen molar-refractivity contribution in [2.75, 3.05) is 23.2 Å². The second-order valence-electron chi connectivity index (χ2n) is 7.36. The fourth-order valence-electron chi connectivity index (χ4n) is 2.99. The number of sulfonamides is 1. The highest BCUT2D eigenvalue weighted by molar-refractivity contribution is 7.89. The molecule has 0 saturated heterocycles. The van der Waals surface area contributed by atoms with E-state index in [0.29, 0.717) is 32.7 Å². The first-order valence-corrected chi connectivity index (χ1v) is 12.8. The van der Waals surface area contributed by atoms with Crippen molar-refractivity contribution >= 4 is 68.7 Å². The highest BCUT2D eigenvalue weighted by Crippen LogP contribution is 2.23. The third-order valence-corrected chi connectivity index (χ3v) is 6.37. The molecule has 0 fully saturated rings. The van der Waals surface area contributed by atoms with Gasteiger partial charge in [0.2, 0.25) is 27.9 Å². The smallest absolute Gasteiger partial charge is 0.250 e. The zero-order chi connectivity index (χ0) is 26.4. The predicted octanol–water partition coefficient (Wildman–Crippen LogP) is 4.77. The Balaban J connectivity index is 1.61. The van der Waals surface area contributed by atoms with Crippen molar-refractivity contribution in [2.24, 2.45) is 10.2 Å². The first kappa shape index (κ1) is 26.1. The monoisotopic (exact) mass is 558 g/mol. The molecule has 0 saturated carbocycles. The van der Waals surface area contributed by atoms with Crippen LogP contribution < -0.4 is 25.9 Å². The maximum Gasteiger partial charge on any atom is 0.250 e. The molecule has 1 heterocycles. The Hall–Kier alpha value is -3.97. The number of aromatic nitrogens is 3. The molecule has 4 rings (SSSR count). The molecule has 0 radical (unpaired) electrons. The number of hydrogen-bond acceptors (Lipinski definition) is 10. The van der Waals surface area contributed by atoms with Crippen LogP contribution in [0.4, 0.5) is 29.2 Å². The molecule has 0 amide bonds. The van der Waals surface area contributed by atoms with Crippen molar-refractivity contribution in [1.29, 1.82) is 0 Å². The zero-order valence-corrected chi connectivity index (χ0v) is 21.5. The first-order valence-electron chi connectivity index (χ1n) is 10.5. The molecule has 0 atom stereocenters. The molecule has 14 heteroatoms. The van der Waals surface area contributed by atoms with E-state index >= 15 is 0 Å². The van der Waals surface area contributed by atoms with Crippen LogP contribution in [0.15, 0.2) is 76.7 Å². The number of primary sulfonamides is 1. The Morgan fingerprint density at radius 3 is 1.86 bits per heavy atom. The average molecular weight is 559 g/mol. The van der Waals surface area contributed by atoms with Crippen LogP contribution in [0, 0.1) is 0 Å². The van der Waals surface area contributed by atoms with E-state index in [9.17, 15) is 8.42 Å². The van der Waals surface area contributed by atoms with E-state index in [1.54, 1.807) is 49.6 Å². The number of halogens is 2. The lowest BCUT2D eigenvalue weighted by molar-refractivity contribution is 0.415. The average Bonchev–Trinajstić information content (AvgIpc) is 2.86. The third-order valence-electron chi connectivity index (χ3n) is 4.78. The SMILES string of the molecule is COc1ccc(Nc2nc(N/N=C/c3c(Cl)cccc3Cl)nc(Nc3ccc(S(N)(=O)=O)cc3)n2)cc1. The summed E-state index contributed by atoms with van der Waals surface area (Å²) in [5.74, 6) is 1.16. The number of benzene rings is 3. The van der Waals surface area contributed by atoms with Crippen LogP contribution in [-0.2, 0) is 10.0 Å². The van der Waals surface area contributed by atoms with Gasteiger partial charge in [0.05, 0.1) is 28.3 Å². The molecule has 0 unspecified atom stereocenters. The summed E-state index contributed by atoms with van der Waals surface area (Å²) in [5.41, 5.74) is 4.49. The molecule has 11 nitrogen and oxygen atoms in total. The topological polar surface area (TPSA) is 157 Å². The Kier molecular flexibility index (Phi) is 8.04. The van der Waals surface area contributed by atoms with Crippen molar-refractivity contribution in [3.05, 3.63) is 82.3 Å². The summed E-state index contributed by atoms with van der Waals surface area (Å²) >= 11 is 12.4. The molecule has 0 aliphatic carbocycles. The summed E-state index contributed by atoms with van der Waals surface area (Å²) < 4.78 is 28.2. The number of hydrazone groups is 1. The van der Waals surface area contributed by atoms with Gasteiger partial charge in [0.25, 0.3) is 0 Å². The van der Waals surface area contributed by atoms with Crippen LogP contribution in [0.25, 0.3) is 0 Å².